The SMILES string of the molecule is CC(c1ccc2ncccc2c1)n1nnc2ncc(-c3ccc(P(C)C)cc3)nc21. The molecule has 0 N–H and O–H groups in total. The zero-order valence-corrected chi connectivity index (χ0v) is 18.0. The predicted molar refractivity (Wildman–Crippen MR) is 123 cm³/mol. The first-order chi connectivity index (χ1) is 14.6. The standard InChI is InChI=1S/C23H21N6P/c1-15(17-8-11-20-18(13-17)5-4-12-24-20)29-23-22(27-28-29)25-14-21(26-23)16-6-9-19(10-7-16)30(2)3/h4-15H,1-3H3. The fourth-order valence-corrected chi connectivity index (χ4v) is 4.30. The first-order valence-corrected chi connectivity index (χ1v) is 12.0. The highest BCUT2D eigenvalue weighted by Gasteiger charge is 2.17. The number of rotatable bonds is 4. The van der Waals surface area contributed by atoms with Gasteiger partial charge in [-0.05, 0) is 49.3 Å². The van der Waals surface area contributed by atoms with Crippen LogP contribution in [0.15, 0.2) is 67.0 Å². The number of pyridine rings is 1. The fraction of sp³-hybridized carbons (Fsp3) is 0.174. The molecule has 0 fully saturated rings. The van der Waals surface area contributed by atoms with Crippen LogP contribution in [-0.2, 0) is 0 Å². The highest BCUT2D eigenvalue weighted by molar-refractivity contribution is 7.64. The Balaban J connectivity index is 1.55. The van der Waals surface area contributed by atoms with Crippen molar-refractivity contribution < 1.29 is 0 Å². The normalized spacial score (nSPS) is 12.7. The predicted octanol–water partition coefficient (Wildman–Crippen LogP) is 4.41. The van der Waals surface area contributed by atoms with Crippen molar-refractivity contribution in [3.63, 3.8) is 0 Å². The van der Waals surface area contributed by atoms with E-state index in [1.807, 2.05) is 23.0 Å². The molecule has 6 nitrogen and oxygen atoms in total. The van der Waals surface area contributed by atoms with Crippen LogP contribution >= 0.6 is 7.92 Å². The summed E-state index contributed by atoms with van der Waals surface area (Å²) in [6, 6.07) is 18.8. The van der Waals surface area contributed by atoms with Gasteiger partial charge in [-0.3, -0.25) is 4.98 Å². The molecule has 0 aliphatic heterocycles. The summed E-state index contributed by atoms with van der Waals surface area (Å²) in [4.78, 5) is 13.8. The first-order valence-electron chi connectivity index (χ1n) is 9.80. The third-order valence-corrected chi connectivity index (χ3v) is 6.68. The Bertz CT molecular complexity index is 1340. The molecule has 3 aromatic heterocycles. The van der Waals surface area contributed by atoms with Crippen molar-refractivity contribution in [1.82, 2.24) is 29.9 Å². The summed E-state index contributed by atoms with van der Waals surface area (Å²) in [5.41, 5.74) is 5.20. The average Bonchev–Trinajstić information content (AvgIpc) is 3.21. The molecule has 0 aliphatic carbocycles. The molecule has 5 aromatic rings. The minimum absolute atomic E-state index is 0.0322. The minimum atomic E-state index is -0.115. The molecule has 0 spiro atoms. The Morgan fingerprint density at radius 2 is 1.80 bits per heavy atom. The zero-order chi connectivity index (χ0) is 20.7. The van der Waals surface area contributed by atoms with Gasteiger partial charge in [-0.1, -0.05) is 49.5 Å². The Morgan fingerprint density at radius 1 is 0.967 bits per heavy atom. The van der Waals surface area contributed by atoms with Crippen molar-refractivity contribution in [3.8, 4) is 11.3 Å². The number of nitrogens with zero attached hydrogens (tertiary/aromatic N) is 6. The average molecular weight is 412 g/mol. The molecule has 2 aromatic carbocycles. The summed E-state index contributed by atoms with van der Waals surface area (Å²) in [5, 5.41) is 11.1. The van der Waals surface area contributed by atoms with Gasteiger partial charge in [0.05, 0.1) is 23.4 Å². The first kappa shape index (κ1) is 18.8. The van der Waals surface area contributed by atoms with E-state index < -0.39 is 0 Å². The topological polar surface area (TPSA) is 69.4 Å². The largest absolute Gasteiger partial charge is 0.256 e. The molecule has 1 unspecified atom stereocenters. The van der Waals surface area contributed by atoms with E-state index in [1.54, 1.807) is 6.20 Å². The van der Waals surface area contributed by atoms with Crippen LogP contribution in [0.2, 0.25) is 0 Å². The van der Waals surface area contributed by atoms with Crippen molar-refractivity contribution in [3.05, 3.63) is 72.6 Å². The second-order valence-corrected chi connectivity index (χ2v) is 9.81. The quantitative estimate of drug-likeness (QED) is 0.409. The maximum Gasteiger partial charge on any atom is 0.221 e. The molecule has 0 amide bonds. The van der Waals surface area contributed by atoms with Gasteiger partial charge in [0.2, 0.25) is 5.65 Å². The molecule has 1 atom stereocenters. The lowest BCUT2D eigenvalue weighted by atomic mass is 10.1. The van der Waals surface area contributed by atoms with E-state index in [0.29, 0.717) is 11.3 Å². The van der Waals surface area contributed by atoms with Gasteiger partial charge in [0, 0.05) is 17.1 Å². The molecular formula is C23H21N6P. The van der Waals surface area contributed by atoms with Gasteiger partial charge in [-0.25, -0.2) is 14.6 Å². The molecule has 0 bridgehead atoms. The van der Waals surface area contributed by atoms with Gasteiger partial charge >= 0.3 is 0 Å². The lowest BCUT2D eigenvalue weighted by Gasteiger charge is -2.13. The summed E-state index contributed by atoms with van der Waals surface area (Å²) in [7, 11) is -0.115. The van der Waals surface area contributed by atoms with Crippen LogP contribution in [0.1, 0.15) is 18.5 Å². The Kier molecular flexibility index (Phi) is 4.72. The summed E-state index contributed by atoms with van der Waals surface area (Å²) < 4.78 is 1.84. The lowest BCUT2D eigenvalue weighted by molar-refractivity contribution is 0.556. The van der Waals surface area contributed by atoms with E-state index in [1.165, 1.54) is 5.30 Å². The molecular weight excluding hydrogens is 391 g/mol. The number of benzene rings is 2. The van der Waals surface area contributed by atoms with E-state index in [9.17, 15) is 0 Å². The number of aromatic nitrogens is 6. The van der Waals surface area contributed by atoms with Crippen LogP contribution in [-0.4, -0.2) is 43.3 Å². The molecule has 0 radical (unpaired) electrons. The summed E-state index contributed by atoms with van der Waals surface area (Å²) >= 11 is 0. The van der Waals surface area contributed by atoms with E-state index >= 15 is 0 Å². The molecule has 0 saturated heterocycles. The maximum absolute atomic E-state index is 4.86. The monoisotopic (exact) mass is 412 g/mol. The van der Waals surface area contributed by atoms with Crippen LogP contribution in [0, 0.1) is 0 Å². The van der Waals surface area contributed by atoms with E-state index in [0.717, 1.165) is 27.7 Å². The van der Waals surface area contributed by atoms with E-state index in [2.05, 4.69) is 83.0 Å². The third-order valence-electron chi connectivity index (χ3n) is 5.34. The highest BCUT2D eigenvalue weighted by atomic mass is 31.1. The van der Waals surface area contributed by atoms with Gasteiger partial charge in [-0.15, -0.1) is 5.10 Å². The van der Waals surface area contributed by atoms with Crippen LogP contribution in [0.5, 0.6) is 0 Å². The zero-order valence-electron chi connectivity index (χ0n) is 17.1. The highest BCUT2D eigenvalue weighted by Crippen LogP contribution is 2.27. The van der Waals surface area contributed by atoms with Crippen molar-refractivity contribution >= 4 is 35.4 Å². The second-order valence-electron chi connectivity index (χ2n) is 7.51. The van der Waals surface area contributed by atoms with Crippen LogP contribution in [0.4, 0.5) is 0 Å². The lowest BCUT2D eigenvalue weighted by Crippen LogP contribution is -2.10. The van der Waals surface area contributed by atoms with Gasteiger partial charge in [0.1, 0.15) is 0 Å². The molecule has 0 saturated carbocycles. The summed E-state index contributed by atoms with van der Waals surface area (Å²) in [5.74, 6) is 0. The van der Waals surface area contributed by atoms with E-state index in [-0.39, 0.29) is 14.0 Å². The smallest absolute Gasteiger partial charge is 0.221 e. The minimum Gasteiger partial charge on any atom is -0.256 e. The molecule has 3 heterocycles. The molecule has 0 aliphatic rings. The summed E-state index contributed by atoms with van der Waals surface area (Å²) in [6.07, 6.45) is 3.58. The van der Waals surface area contributed by atoms with Crippen molar-refractivity contribution in [1.29, 1.82) is 0 Å². The van der Waals surface area contributed by atoms with Crippen molar-refractivity contribution in [2.75, 3.05) is 13.3 Å². The van der Waals surface area contributed by atoms with Crippen molar-refractivity contribution in [2.45, 2.75) is 13.0 Å². The molecule has 30 heavy (non-hydrogen) atoms. The number of fused-ring (bicyclic) bond motifs is 2. The molecule has 5 rings (SSSR count). The second kappa shape index (κ2) is 7.54. The van der Waals surface area contributed by atoms with Crippen LogP contribution < -0.4 is 5.30 Å². The molecule has 7 heteroatoms. The maximum atomic E-state index is 4.86. The van der Waals surface area contributed by atoms with Gasteiger partial charge in [0.25, 0.3) is 0 Å². The van der Waals surface area contributed by atoms with Crippen LogP contribution in [0.3, 0.4) is 0 Å². The van der Waals surface area contributed by atoms with E-state index in [4.69, 9.17) is 4.98 Å². The Labute approximate surface area is 175 Å². The molecule has 148 valence electrons. The third kappa shape index (κ3) is 3.33. The number of hydrogen-bond donors (Lipinski definition) is 0. The number of hydrogen-bond acceptors (Lipinski definition) is 5. The Morgan fingerprint density at radius 3 is 2.60 bits per heavy atom. The van der Waals surface area contributed by atoms with Gasteiger partial charge in [0.15, 0.2) is 5.65 Å². The Hall–Kier alpha value is -3.24. The fourth-order valence-electron chi connectivity index (χ4n) is 3.56. The van der Waals surface area contributed by atoms with Crippen LogP contribution in [0.25, 0.3) is 33.5 Å². The van der Waals surface area contributed by atoms with Gasteiger partial charge in [-0.2, -0.15) is 0 Å². The van der Waals surface area contributed by atoms with Gasteiger partial charge < -0.3 is 0 Å². The summed E-state index contributed by atoms with van der Waals surface area (Å²) in [6.45, 7) is 6.61. The van der Waals surface area contributed by atoms with Crippen molar-refractivity contribution in [2.24, 2.45) is 0 Å².